The molecule has 0 radical (unpaired) electrons. The van der Waals surface area contributed by atoms with Crippen LogP contribution in [0.4, 0.5) is 4.39 Å². The van der Waals surface area contributed by atoms with Crippen LogP contribution < -0.4 is 0 Å². The number of rotatable bonds is 17. The molecule has 3 aromatic carbocycles. The van der Waals surface area contributed by atoms with Crippen molar-refractivity contribution in [3.05, 3.63) is 108 Å². The van der Waals surface area contributed by atoms with Crippen LogP contribution in [0, 0.1) is 17.8 Å². The molecule has 1 amide bonds. The SMILES string of the molecule is CC1C(OCCCCCCCCCCCl)OC2COC(c3ccccc3)OC2C1C.CC1OC2COC(c3ccccc3)OC2C(C)C1OCc1ccccc1.O=CN1CCCC1.[2H]CF. The van der Waals surface area contributed by atoms with Crippen LogP contribution in [-0.2, 0) is 49.3 Å². The van der Waals surface area contributed by atoms with Crippen molar-refractivity contribution in [1.82, 2.24) is 4.90 Å². The Bertz CT molecular complexity index is 1700. The van der Waals surface area contributed by atoms with Gasteiger partial charge in [-0.3, -0.25) is 9.18 Å². The number of halogens is 2. The van der Waals surface area contributed by atoms with Gasteiger partial charge in [-0.1, -0.05) is 150 Å². The number of amides is 1. The van der Waals surface area contributed by atoms with Crippen LogP contribution >= 0.6 is 11.6 Å². The van der Waals surface area contributed by atoms with E-state index < -0.39 is 7.15 Å². The number of carbonyl (C=O) groups is 1. The molecule has 5 fully saturated rings. The number of fused-ring (bicyclic) bond motifs is 2. The molecule has 8 rings (SSSR count). The van der Waals surface area contributed by atoms with Crippen molar-refractivity contribution < 1.29 is 48.5 Å². The molecule has 5 aliphatic rings. The summed E-state index contributed by atoms with van der Waals surface area (Å²) in [5.41, 5.74) is 3.27. The van der Waals surface area contributed by atoms with Gasteiger partial charge in [0.05, 0.1) is 52.8 Å². The van der Waals surface area contributed by atoms with E-state index in [4.69, 9.17) is 50.9 Å². The molecule has 12 heteroatoms. The summed E-state index contributed by atoms with van der Waals surface area (Å²) in [6.07, 6.45) is 12.4. The monoisotopic (exact) mass is 927 g/mol. The number of nitrogens with zero attached hydrogens (tertiary/aromatic N) is 1. The zero-order valence-corrected chi connectivity index (χ0v) is 40.0. The van der Waals surface area contributed by atoms with Gasteiger partial charge in [-0.2, -0.15) is 0 Å². The first kappa shape index (κ1) is 51.4. The van der Waals surface area contributed by atoms with Gasteiger partial charge in [0, 0.05) is 48.5 Å². The van der Waals surface area contributed by atoms with E-state index in [-0.39, 0.29) is 61.4 Å². The maximum atomic E-state index is 9.96. The summed E-state index contributed by atoms with van der Waals surface area (Å²) >= 11 is 5.71. The van der Waals surface area contributed by atoms with E-state index in [1.807, 2.05) is 66.7 Å². The van der Waals surface area contributed by atoms with Crippen molar-refractivity contribution in [1.29, 1.82) is 0 Å². The lowest BCUT2D eigenvalue weighted by Gasteiger charge is -2.48. The number of hydrogen-bond donors (Lipinski definition) is 0. The highest BCUT2D eigenvalue weighted by atomic mass is 35.5. The molecule has 3 aromatic rings. The van der Waals surface area contributed by atoms with Crippen LogP contribution in [0.25, 0.3) is 0 Å². The smallest absolute Gasteiger partial charge is 0.209 e. The van der Waals surface area contributed by atoms with E-state index >= 15 is 0 Å². The molecule has 0 N–H and O–H groups in total. The Morgan fingerprint density at radius 1 is 0.662 bits per heavy atom. The van der Waals surface area contributed by atoms with E-state index in [1.54, 1.807) is 4.90 Å². The predicted octanol–water partition coefficient (Wildman–Crippen LogP) is 11.4. The summed E-state index contributed by atoms with van der Waals surface area (Å²) in [6, 6.07) is 30.5. The molecule has 12 atom stereocenters. The highest BCUT2D eigenvalue weighted by Crippen LogP contribution is 2.40. The molecule has 0 spiro atoms. The summed E-state index contributed by atoms with van der Waals surface area (Å²) in [7, 11) is -1.00. The molecular formula is C53H77ClFNO9. The summed E-state index contributed by atoms with van der Waals surface area (Å²) in [6.45, 7) is 13.1. The van der Waals surface area contributed by atoms with Crippen LogP contribution in [0.1, 0.15) is 123 Å². The van der Waals surface area contributed by atoms with Gasteiger partial charge in [0.15, 0.2) is 18.9 Å². The van der Waals surface area contributed by atoms with E-state index in [1.165, 1.54) is 56.9 Å². The molecule has 65 heavy (non-hydrogen) atoms. The Kier molecular flexibility index (Phi) is 23.5. The first-order chi connectivity index (χ1) is 32.3. The first-order valence-electron chi connectivity index (χ1n) is 24.8. The van der Waals surface area contributed by atoms with Gasteiger partial charge in [-0.05, 0) is 44.1 Å². The molecule has 5 saturated heterocycles. The summed E-state index contributed by atoms with van der Waals surface area (Å²) < 4.78 is 64.8. The molecule has 5 heterocycles. The molecular weight excluding hydrogens is 849 g/mol. The Morgan fingerprint density at radius 3 is 1.68 bits per heavy atom. The van der Waals surface area contributed by atoms with Crippen molar-refractivity contribution >= 4 is 18.0 Å². The molecule has 0 aromatic heterocycles. The predicted molar refractivity (Wildman–Crippen MR) is 253 cm³/mol. The topological polar surface area (TPSA) is 94.2 Å². The lowest BCUT2D eigenvalue weighted by Crippen LogP contribution is -2.57. The molecule has 362 valence electrons. The van der Waals surface area contributed by atoms with Crippen LogP contribution in [0.3, 0.4) is 0 Å². The Morgan fingerprint density at radius 2 is 1.15 bits per heavy atom. The van der Waals surface area contributed by atoms with Gasteiger partial charge in [-0.25, -0.2) is 0 Å². The quantitative estimate of drug-likeness (QED) is 0.0745. The number of benzene rings is 3. The van der Waals surface area contributed by atoms with Gasteiger partial charge in [0.25, 0.3) is 0 Å². The maximum Gasteiger partial charge on any atom is 0.209 e. The van der Waals surface area contributed by atoms with Gasteiger partial charge in [0.2, 0.25) is 6.41 Å². The van der Waals surface area contributed by atoms with E-state index in [9.17, 15) is 9.18 Å². The molecule has 0 saturated carbocycles. The van der Waals surface area contributed by atoms with E-state index in [2.05, 4.69) is 52.0 Å². The van der Waals surface area contributed by atoms with E-state index in [0.29, 0.717) is 31.7 Å². The Hall–Kier alpha value is -2.97. The lowest BCUT2D eigenvalue weighted by atomic mass is 9.84. The molecule has 5 aliphatic heterocycles. The van der Waals surface area contributed by atoms with E-state index in [0.717, 1.165) is 56.0 Å². The second-order valence-electron chi connectivity index (χ2n) is 17.9. The number of ether oxygens (including phenoxy) is 8. The number of likely N-dealkylation sites (tertiary alicyclic amines) is 1. The van der Waals surface area contributed by atoms with Gasteiger partial charge in [-0.15, -0.1) is 11.6 Å². The van der Waals surface area contributed by atoms with Gasteiger partial charge in [0.1, 0.15) is 12.2 Å². The average Bonchev–Trinajstić information content (AvgIpc) is 3.90. The van der Waals surface area contributed by atoms with Crippen LogP contribution in [0.15, 0.2) is 91.0 Å². The third kappa shape index (κ3) is 16.6. The number of unbranched alkanes of at least 4 members (excludes halogenated alkanes) is 7. The summed E-state index contributed by atoms with van der Waals surface area (Å²) in [4.78, 5) is 11.7. The van der Waals surface area contributed by atoms with Crippen molar-refractivity contribution in [3.63, 3.8) is 0 Å². The third-order valence-corrected chi connectivity index (χ3v) is 13.4. The first-order valence-corrected chi connectivity index (χ1v) is 24.6. The van der Waals surface area contributed by atoms with Crippen LogP contribution in [0.5, 0.6) is 0 Å². The highest BCUT2D eigenvalue weighted by molar-refractivity contribution is 6.17. The van der Waals surface area contributed by atoms with Crippen molar-refractivity contribution in [2.75, 3.05) is 45.9 Å². The number of alkyl halides is 2. The minimum absolute atomic E-state index is 0.00835. The second kappa shape index (κ2) is 29.7. The maximum absolute atomic E-state index is 9.96. The van der Waals surface area contributed by atoms with Crippen LogP contribution in [-0.4, -0.2) is 100 Å². The number of hydrogen-bond acceptors (Lipinski definition) is 9. The fourth-order valence-electron chi connectivity index (χ4n) is 9.18. The van der Waals surface area contributed by atoms with Gasteiger partial charge < -0.3 is 42.8 Å². The Labute approximate surface area is 395 Å². The zero-order chi connectivity index (χ0) is 46.9. The third-order valence-electron chi connectivity index (χ3n) is 13.1. The van der Waals surface area contributed by atoms with Crippen molar-refractivity contribution in [2.45, 2.75) is 154 Å². The minimum atomic E-state index is -1.00. The van der Waals surface area contributed by atoms with Crippen LogP contribution in [0.2, 0.25) is 0 Å². The Balaban J connectivity index is 0.000000206. The molecule has 10 nitrogen and oxygen atoms in total. The zero-order valence-electron chi connectivity index (χ0n) is 40.3. The lowest BCUT2D eigenvalue weighted by molar-refractivity contribution is -0.342. The van der Waals surface area contributed by atoms with Crippen molar-refractivity contribution in [3.8, 4) is 0 Å². The normalized spacial score (nSPS) is 30.7. The summed E-state index contributed by atoms with van der Waals surface area (Å²) in [5, 5.41) is 0. The molecule has 0 bridgehead atoms. The van der Waals surface area contributed by atoms with Crippen molar-refractivity contribution in [2.24, 2.45) is 17.8 Å². The average molecular weight is 928 g/mol. The molecule has 12 unspecified atom stereocenters. The summed E-state index contributed by atoms with van der Waals surface area (Å²) in [5.74, 6) is 1.67. The minimum Gasteiger partial charge on any atom is -0.370 e. The standard InChI is InChI=1S/C25H39ClO4.C22H26O4.C5H9NO.CH3F/c1-19-20(2)24(27-17-13-8-6-4-3-5-7-12-16-26)29-22-18-28-25(30-23(19)22)21-14-10-9-11-15-21;1-15-20(23-13-17-9-5-3-6-10-17)16(2)25-19-14-24-22(26-21(15)19)18-11-7-4-8-12-18;7-5-6-3-1-2-4-6;1-2/h9-11,14-15,19-20,22-25H,3-8,12-13,16-18H2,1-2H3;3-12,15-16,19-22H,13-14H2,1-2H3;5H,1-4H2;1H3/i;;;1D. The highest BCUT2D eigenvalue weighted by Gasteiger charge is 2.48. The second-order valence-corrected chi connectivity index (χ2v) is 18.2. The van der Waals surface area contributed by atoms with Gasteiger partial charge >= 0.3 is 0 Å². The number of carbonyl (C=O) groups excluding carboxylic acids is 1. The molecule has 0 aliphatic carbocycles. The fraction of sp³-hybridized carbons (Fsp3) is 0.642. The largest absolute Gasteiger partial charge is 0.370 e. The fourth-order valence-corrected chi connectivity index (χ4v) is 9.37.